The van der Waals surface area contributed by atoms with Gasteiger partial charge in [-0.15, -0.1) is 0 Å². The van der Waals surface area contributed by atoms with Crippen LogP contribution in [0.4, 0.5) is 4.39 Å². The maximum Gasteiger partial charge on any atom is 0.123 e. The SMILES string of the molecule is CCC(NCC1CC(O)C1)c1cccc(F)c1. The highest BCUT2D eigenvalue weighted by Crippen LogP contribution is 2.27. The molecule has 1 atom stereocenters. The van der Waals surface area contributed by atoms with Crippen molar-refractivity contribution in [3.8, 4) is 0 Å². The lowest BCUT2D eigenvalue weighted by molar-refractivity contribution is 0.0418. The summed E-state index contributed by atoms with van der Waals surface area (Å²) in [6.07, 6.45) is 2.63. The lowest BCUT2D eigenvalue weighted by atomic mass is 9.82. The summed E-state index contributed by atoms with van der Waals surface area (Å²) < 4.78 is 13.1. The van der Waals surface area contributed by atoms with Gasteiger partial charge in [-0.3, -0.25) is 0 Å². The molecule has 0 aliphatic heterocycles. The molecule has 1 aromatic rings. The van der Waals surface area contributed by atoms with Crippen LogP contribution >= 0.6 is 0 Å². The van der Waals surface area contributed by atoms with E-state index in [1.807, 2.05) is 6.07 Å². The summed E-state index contributed by atoms with van der Waals surface area (Å²) in [6, 6.07) is 6.99. The Morgan fingerprint density at radius 1 is 1.47 bits per heavy atom. The maximum absolute atomic E-state index is 13.1. The van der Waals surface area contributed by atoms with Gasteiger partial charge in [0.1, 0.15) is 5.82 Å². The molecule has 94 valence electrons. The van der Waals surface area contributed by atoms with Gasteiger partial charge in [0.25, 0.3) is 0 Å². The van der Waals surface area contributed by atoms with E-state index in [0.29, 0.717) is 5.92 Å². The van der Waals surface area contributed by atoms with E-state index in [9.17, 15) is 9.50 Å². The van der Waals surface area contributed by atoms with Gasteiger partial charge in [0.15, 0.2) is 0 Å². The number of rotatable bonds is 5. The number of nitrogens with one attached hydrogen (secondary N) is 1. The predicted molar refractivity (Wildman–Crippen MR) is 66.2 cm³/mol. The highest BCUT2D eigenvalue weighted by Gasteiger charge is 2.27. The number of aliphatic hydroxyl groups is 1. The minimum atomic E-state index is -0.179. The van der Waals surface area contributed by atoms with Gasteiger partial charge in [-0.1, -0.05) is 19.1 Å². The Morgan fingerprint density at radius 2 is 2.24 bits per heavy atom. The largest absolute Gasteiger partial charge is 0.393 e. The van der Waals surface area contributed by atoms with Crippen LogP contribution in [0.25, 0.3) is 0 Å². The summed E-state index contributed by atoms with van der Waals surface area (Å²) in [4.78, 5) is 0. The highest BCUT2D eigenvalue weighted by molar-refractivity contribution is 5.20. The second kappa shape index (κ2) is 5.61. The van der Waals surface area contributed by atoms with Crippen molar-refractivity contribution in [2.24, 2.45) is 5.92 Å². The van der Waals surface area contributed by atoms with Gasteiger partial charge >= 0.3 is 0 Å². The third kappa shape index (κ3) is 3.27. The van der Waals surface area contributed by atoms with E-state index in [4.69, 9.17) is 0 Å². The molecule has 0 radical (unpaired) electrons. The Hall–Kier alpha value is -0.930. The molecule has 1 aliphatic rings. The molecular weight excluding hydrogens is 217 g/mol. The fourth-order valence-electron chi connectivity index (χ4n) is 2.40. The van der Waals surface area contributed by atoms with Crippen molar-refractivity contribution in [1.29, 1.82) is 0 Å². The minimum absolute atomic E-state index is 0.101. The smallest absolute Gasteiger partial charge is 0.123 e. The number of halogens is 1. The van der Waals surface area contributed by atoms with Crippen LogP contribution < -0.4 is 5.32 Å². The van der Waals surface area contributed by atoms with Crippen LogP contribution in [0.5, 0.6) is 0 Å². The molecule has 1 fully saturated rings. The number of aliphatic hydroxyl groups excluding tert-OH is 1. The van der Waals surface area contributed by atoms with Crippen LogP contribution in [0.1, 0.15) is 37.8 Å². The van der Waals surface area contributed by atoms with E-state index in [0.717, 1.165) is 31.4 Å². The number of hydrogen-bond donors (Lipinski definition) is 2. The van der Waals surface area contributed by atoms with Crippen LogP contribution in [-0.4, -0.2) is 17.8 Å². The molecular formula is C14H20FNO. The molecule has 2 nitrogen and oxygen atoms in total. The van der Waals surface area contributed by atoms with E-state index in [1.165, 1.54) is 6.07 Å². The van der Waals surface area contributed by atoms with Crippen LogP contribution in [0.15, 0.2) is 24.3 Å². The van der Waals surface area contributed by atoms with E-state index >= 15 is 0 Å². The minimum Gasteiger partial charge on any atom is -0.393 e. The third-order valence-electron chi connectivity index (χ3n) is 3.52. The van der Waals surface area contributed by atoms with Gasteiger partial charge in [0.05, 0.1) is 6.10 Å². The standard InChI is InChI=1S/C14H20FNO/c1-2-14(11-4-3-5-12(15)8-11)16-9-10-6-13(17)7-10/h3-5,8,10,13-14,16-17H,2,6-7,9H2,1H3. The Morgan fingerprint density at radius 3 is 2.82 bits per heavy atom. The topological polar surface area (TPSA) is 32.3 Å². The fourth-order valence-corrected chi connectivity index (χ4v) is 2.40. The van der Waals surface area contributed by atoms with Crippen molar-refractivity contribution < 1.29 is 9.50 Å². The predicted octanol–water partition coefficient (Wildman–Crippen LogP) is 2.64. The Bertz CT molecular complexity index is 363. The van der Waals surface area contributed by atoms with E-state index in [1.54, 1.807) is 12.1 Å². The Labute approximate surface area is 102 Å². The lowest BCUT2D eigenvalue weighted by Gasteiger charge is -2.33. The van der Waals surface area contributed by atoms with Gasteiger partial charge in [0, 0.05) is 6.04 Å². The van der Waals surface area contributed by atoms with Crippen LogP contribution in [0.3, 0.4) is 0 Å². The molecule has 1 unspecified atom stereocenters. The zero-order valence-corrected chi connectivity index (χ0v) is 10.2. The van der Waals surface area contributed by atoms with Crippen LogP contribution in [0, 0.1) is 11.7 Å². The first-order valence-corrected chi connectivity index (χ1v) is 6.36. The Kier molecular flexibility index (Phi) is 4.13. The summed E-state index contributed by atoms with van der Waals surface area (Å²) in [5, 5.41) is 12.7. The van der Waals surface area contributed by atoms with E-state index < -0.39 is 0 Å². The molecule has 2 N–H and O–H groups in total. The molecule has 0 spiro atoms. The van der Waals surface area contributed by atoms with Crippen molar-refractivity contribution in [1.82, 2.24) is 5.32 Å². The quantitative estimate of drug-likeness (QED) is 0.825. The second-order valence-electron chi connectivity index (χ2n) is 4.92. The summed E-state index contributed by atoms with van der Waals surface area (Å²) in [5.41, 5.74) is 1.01. The molecule has 1 aromatic carbocycles. The summed E-state index contributed by atoms with van der Waals surface area (Å²) in [7, 11) is 0. The molecule has 1 saturated carbocycles. The average molecular weight is 237 g/mol. The van der Waals surface area contributed by atoms with E-state index in [-0.39, 0.29) is 18.0 Å². The van der Waals surface area contributed by atoms with E-state index in [2.05, 4.69) is 12.2 Å². The van der Waals surface area contributed by atoms with Crippen molar-refractivity contribution in [2.75, 3.05) is 6.54 Å². The van der Waals surface area contributed by atoms with Crippen LogP contribution in [0.2, 0.25) is 0 Å². The van der Waals surface area contributed by atoms with Gasteiger partial charge in [-0.2, -0.15) is 0 Å². The third-order valence-corrected chi connectivity index (χ3v) is 3.52. The molecule has 0 amide bonds. The van der Waals surface area contributed by atoms with Crippen molar-refractivity contribution in [2.45, 2.75) is 38.3 Å². The molecule has 3 heteroatoms. The van der Waals surface area contributed by atoms with Gasteiger partial charge in [-0.05, 0) is 49.4 Å². The summed E-state index contributed by atoms with van der Waals surface area (Å²) in [5.74, 6) is 0.398. The highest BCUT2D eigenvalue weighted by atomic mass is 19.1. The molecule has 0 saturated heterocycles. The van der Waals surface area contributed by atoms with Crippen LogP contribution in [-0.2, 0) is 0 Å². The molecule has 0 aromatic heterocycles. The summed E-state index contributed by atoms with van der Waals surface area (Å²) >= 11 is 0. The molecule has 2 rings (SSSR count). The van der Waals surface area contributed by atoms with Gasteiger partial charge in [-0.25, -0.2) is 4.39 Å². The van der Waals surface area contributed by atoms with Crippen molar-refractivity contribution in [3.63, 3.8) is 0 Å². The first-order chi connectivity index (χ1) is 8.19. The van der Waals surface area contributed by atoms with Gasteiger partial charge in [0.2, 0.25) is 0 Å². The average Bonchev–Trinajstić information content (AvgIpc) is 2.27. The number of hydrogen-bond acceptors (Lipinski definition) is 2. The fraction of sp³-hybridized carbons (Fsp3) is 0.571. The second-order valence-corrected chi connectivity index (χ2v) is 4.92. The lowest BCUT2D eigenvalue weighted by Crippen LogP contribution is -2.37. The molecule has 0 heterocycles. The van der Waals surface area contributed by atoms with Crippen molar-refractivity contribution >= 4 is 0 Å². The molecule has 17 heavy (non-hydrogen) atoms. The molecule has 1 aliphatic carbocycles. The normalized spacial score (nSPS) is 25.4. The molecule has 0 bridgehead atoms. The first kappa shape index (κ1) is 12.5. The maximum atomic E-state index is 13.1. The zero-order valence-electron chi connectivity index (χ0n) is 10.2. The summed E-state index contributed by atoms with van der Waals surface area (Å²) in [6.45, 7) is 3.00. The Balaban J connectivity index is 1.88. The number of benzene rings is 1. The first-order valence-electron chi connectivity index (χ1n) is 6.36. The zero-order chi connectivity index (χ0) is 12.3. The monoisotopic (exact) mass is 237 g/mol. The van der Waals surface area contributed by atoms with Crippen molar-refractivity contribution in [3.05, 3.63) is 35.6 Å². The van der Waals surface area contributed by atoms with Gasteiger partial charge < -0.3 is 10.4 Å².